The summed E-state index contributed by atoms with van der Waals surface area (Å²) in [6.07, 6.45) is 3.60. The monoisotopic (exact) mass is 480 g/mol. The number of ketones is 1. The number of hydrogen-bond donors (Lipinski definition) is 3. The van der Waals surface area contributed by atoms with E-state index in [1.165, 1.54) is 4.90 Å². The maximum Gasteiger partial charge on any atom is 0.408 e. The smallest absolute Gasteiger partial charge is 0.408 e. The van der Waals surface area contributed by atoms with Crippen LogP contribution >= 0.6 is 0 Å². The molecule has 2 aliphatic rings. The third-order valence-corrected chi connectivity index (χ3v) is 6.28. The van der Waals surface area contributed by atoms with Gasteiger partial charge < -0.3 is 26.0 Å². The minimum atomic E-state index is -1.08. The Balaban J connectivity index is 2.15. The fourth-order valence-corrected chi connectivity index (χ4v) is 4.28. The highest BCUT2D eigenvalue weighted by Crippen LogP contribution is 2.31. The lowest BCUT2D eigenvalue weighted by Gasteiger charge is -2.36. The zero-order valence-corrected chi connectivity index (χ0v) is 21.2. The maximum absolute atomic E-state index is 13.5. The Morgan fingerprint density at radius 1 is 0.971 bits per heavy atom. The number of alkyl carbamates (subject to hydrolysis) is 1. The fraction of sp³-hybridized carbons (Fsp3) is 0.792. The van der Waals surface area contributed by atoms with Crippen LogP contribution in [0, 0.1) is 11.3 Å². The zero-order valence-electron chi connectivity index (χ0n) is 21.2. The molecule has 2 rings (SSSR count). The SMILES string of the molecule is CC(C)(C)OC(=O)NC(C(=O)N1CCC[C@H]1C(=O)NC(CC1CCC1)C(=O)C(N)=O)C(C)(C)C. The quantitative estimate of drug-likeness (QED) is 0.450. The van der Waals surface area contributed by atoms with Crippen LogP contribution in [-0.2, 0) is 23.9 Å². The Labute approximate surface area is 201 Å². The van der Waals surface area contributed by atoms with E-state index in [1.54, 1.807) is 20.8 Å². The third kappa shape index (κ3) is 7.43. The van der Waals surface area contributed by atoms with E-state index >= 15 is 0 Å². The highest BCUT2D eigenvalue weighted by Gasteiger charge is 2.43. The lowest BCUT2D eigenvalue weighted by molar-refractivity contribution is -0.143. The van der Waals surface area contributed by atoms with Gasteiger partial charge in [0.25, 0.3) is 5.91 Å². The van der Waals surface area contributed by atoms with E-state index < -0.39 is 58.7 Å². The Bertz CT molecular complexity index is 809. The van der Waals surface area contributed by atoms with Crippen molar-refractivity contribution in [2.45, 2.75) is 104 Å². The largest absolute Gasteiger partial charge is 0.444 e. The van der Waals surface area contributed by atoms with Crippen LogP contribution in [-0.4, -0.2) is 64.8 Å². The highest BCUT2D eigenvalue weighted by atomic mass is 16.6. The summed E-state index contributed by atoms with van der Waals surface area (Å²) in [6, 6.07) is -2.72. The van der Waals surface area contributed by atoms with Crippen molar-refractivity contribution in [3.8, 4) is 0 Å². The van der Waals surface area contributed by atoms with Crippen molar-refractivity contribution < 1.29 is 28.7 Å². The van der Waals surface area contributed by atoms with Gasteiger partial charge in [0, 0.05) is 6.54 Å². The molecule has 0 aromatic carbocycles. The van der Waals surface area contributed by atoms with Crippen molar-refractivity contribution in [3.63, 3.8) is 0 Å². The third-order valence-electron chi connectivity index (χ3n) is 6.28. The van der Waals surface area contributed by atoms with E-state index in [-0.39, 0.29) is 5.92 Å². The number of carbonyl (C=O) groups excluding carboxylic acids is 5. The molecule has 4 amide bonds. The van der Waals surface area contributed by atoms with Crippen LogP contribution in [0.1, 0.15) is 80.1 Å². The number of likely N-dealkylation sites (tertiary alicyclic amines) is 1. The van der Waals surface area contributed by atoms with Gasteiger partial charge >= 0.3 is 6.09 Å². The first-order valence-corrected chi connectivity index (χ1v) is 12.0. The van der Waals surface area contributed by atoms with Crippen LogP contribution in [0.15, 0.2) is 0 Å². The van der Waals surface area contributed by atoms with Crippen molar-refractivity contribution in [2.24, 2.45) is 17.1 Å². The molecule has 192 valence electrons. The molecule has 1 aliphatic heterocycles. The molecule has 0 aromatic heterocycles. The number of nitrogens with one attached hydrogen (secondary N) is 2. The summed E-state index contributed by atoms with van der Waals surface area (Å²) >= 11 is 0. The van der Waals surface area contributed by atoms with Gasteiger partial charge in [-0.15, -0.1) is 0 Å². The average molecular weight is 481 g/mol. The molecule has 2 fully saturated rings. The fourth-order valence-electron chi connectivity index (χ4n) is 4.28. The maximum atomic E-state index is 13.5. The van der Waals surface area contributed by atoms with E-state index in [0.29, 0.717) is 25.8 Å². The molecular formula is C24H40N4O6. The molecule has 4 N–H and O–H groups in total. The number of amides is 4. The van der Waals surface area contributed by atoms with E-state index in [0.717, 1.165) is 19.3 Å². The average Bonchev–Trinajstić information content (AvgIpc) is 3.14. The lowest BCUT2D eigenvalue weighted by atomic mass is 9.80. The van der Waals surface area contributed by atoms with Crippen LogP contribution in [0.25, 0.3) is 0 Å². The standard InChI is InChI=1S/C24H40N4O6/c1-23(2,3)18(27-22(33)34-24(4,5)6)21(32)28-12-8-11-16(28)20(31)26-15(17(29)19(25)30)13-14-9-7-10-14/h14-16,18H,7-13H2,1-6H3,(H2,25,30)(H,26,31)(H,27,33)/t15?,16-,18?/m0/s1. The molecule has 2 unspecified atom stereocenters. The second kappa shape index (κ2) is 10.7. The molecule has 0 bridgehead atoms. The summed E-state index contributed by atoms with van der Waals surface area (Å²) < 4.78 is 5.32. The van der Waals surface area contributed by atoms with Gasteiger partial charge in [-0.1, -0.05) is 40.0 Å². The van der Waals surface area contributed by atoms with Gasteiger partial charge in [0.05, 0.1) is 6.04 Å². The van der Waals surface area contributed by atoms with Gasteiger partial charge in [-0.3, -0.25) is 19.2 Å². The van der Waals surface area contributed by atoms with Crippen molar-refractivity contribution in [1.82, 2.24) is 15.5 Å². The minimum Gasteiger partial charge on any atom is -0.444 e. The molecule has 1 heterocycles. The number of carbonyl (C=O) groups is 5. The van der Waals surface area contributed by atoms with Gasteiger partial charge in [0.1, 0.15) is 17.7 Å². The van der Waals surface area contributed by atoms with E-state index in [4.69, 9.17) is 10.5 Å². The number of rotatable bonds is 8. The summed E-state index contributed by atoms with van der Waals surface area (Å²) in [4.78, 5) is 64.3. The Kier molecular flexibility index (Phi) is 8.71. The van der Waals surface area contributed by atoms with E-state index in [1.807, 2.05) is 20.8 Å². The van der Waals surface area contributed by atoms with Crippen molar-refractivity contribution in [3.05, 3.63) is 0 Å². The number of hydrogen-bond acceptors (Lipinski definition) is 6. The summed E-state index contributed by atoms with van der Waals surface area (Å²) in [5, 5.41) is 5.34. The first-order valence-electron chi connectivity index (χ1n) is 12.0. The molecule has 10 nitrogen and oxygen atoms in total. The van der Waals surface area contributed by atoms with Crippen LogP contribution in [0.5, 0.6) is 0 Å². The molecule has 0 radical (unpaired) electrons. The lowest BCUT2D eigenvalue weighted by Crippen LogP contribution is -2.59. The Morgan fingerprint density at radius 2 is 1.59 bits per heavy atom. The van der Waals surface area contributed by atoms with Gasteiger partial charge in [-0.2, -0.15) is 0 Å². The normalized spacial score (nSPS) is 20.6. The summed E-state index contributed by atoms with van der Waals surface area (Å²) in [5.41, 5.74) is 3.82. The minimum absolute atomic E-state index is 0.262. The topological polar surface area (TPSA) is 148 Å². The number of primary amides is 1. The zero-order chi connectivity index (χ0) is 25.8. The van der Waals surface area contributed by atoms with Crippen LogP contribution in [0.3, 0.4) is 0 Å². The molecule has 0 spiro atoms. The molecule has 0 aromatic rings. The van der Waals surface area contributed by atoms with E-state index in [9.17, 15) is 24.0 Å². The summed E-state index contributed by atoms with van der Waals surface area (Å²) in [5.74, 6) is -2.53. The predicted molar refractivity (Wildman–Crippen MR) is 125 cm³/mol. The van der Waals surface area contributed by atoms with Crippen LogP contribution < -0.4 is 16.4 Å². The van der Waals surface area contributed by atoms with Gasteiger partial charge in [-0.25, -0.2) is 4.79 Å². The molecule has 1 saturated carbocycles. The predicted octanol–water partition coefficient (Wildman–Crippen LogP) is 1.65. The second-order valence-electron chi connectivity index (χ2n) is 11.5. The number of nitrogens with zero attached hydrogens (tertiary/aromatic N) is 1. The van der Waals surface area contributed by atoms with Crippen molar-refractivity contribution in [1.29, 1.82) is 0 Å². The summed E-state index contributed by atoms with van der Waals surface area (Å²) in [7, 11) is 0. The van der Waals surface area contributed by atoms with Crippen LogP contribution in [0.4, 0.5) is 4.79 Å². The molecular weight excluding hydrogens is 440 g/mol. The Hall–Kier alpha value is -2.65. The number of ether oxygens (including phenoxy) is 1. The highest BCUT2D eigenvalue weighted by molar-refractivity contribution is 6.37. The number of nitrogens with two attached hydrogens (primary N) is 1. The molecule has 10 heteroatoms. The van der Waals surface area contributed by atoms with Crippen LogP contribution in [0.2, 0.25) is 0 Å². The summed E-state index contributed by atoms with van der Waals surface area (Å²) in [6.45, 7) is 11.0. The number of Topliss-reactive ketones (excluding diaryl/α,β-unsaturated/α-hetero) is 1. The Morgan fingerprint density at radius 3 is 2.06 bits per heavy atom. The molecule has 34 heavy (non-hydrogen) atoms. The van der Waals surface area contributed by atoms with Gasteiger partial charge in [0.15, 0.2) is 0 Å². The first kappa shape index (κ1) is 27.6. The van der Waals surface area contributed by atoms with E-state index in [2.05, 4.69) is 10.6 Å². The van der Waals surface area contributed by atoms with Crippen molar-refractivity contribution >= 4 is 29.6 Å². The van der Waals surface area contributed by atoms with Gasteiger partial charge in [-0.05, 0) is 51.4 Å². The molecule has 1 aliphatic carbocycles. The van der Waals surface area contributed by atoms with Gasteiger partial charge in [0.2, 0.25) is 17.6 Å². The first-order chi connectivity index (χ1) is 15.6. The van der Waals surface area contributed by atoms with Crippen molar-refractivity contribution in [2.75, 3.05) is 6.54 Å². The molecule has 3 atom stereocenters. The molecule has 1 saturated heterocycles. The second-order valence-corrected chi connectivity index (χ2v) is 11.5.